The Morgan fingerprint density at radius 3 is 2.88 bits per heavy atom. The summed E-state index contributed by atoms with van der Waals surface area (Å²) in [7, 11) is 0. The summed E-state index contributed by atoms with van der Waals surface area (Å²) in [4.78, 5) is 12.0. The van der Waals surface area contributed by atoms with Gasteiger partial charge in [-0.2, -0.15) is 0 Å². The fourth-order valence-electron chi connectivity index (χ4n) is 1.36. The van der Waals surface area contributed by atoms with Gasteiger partial charge in [-0.15, -0.1) is 11.8 Å². The summed E-state index contributed by atoms with van der Waals surface area (Å²) < 4.78 is 4.85. The van der Waals surface area contributed by atoms with Crippen LogP contribution in [0.15, 0.2) is 23.1 Å². The number of aryl methyl sites for hydroxylation is 1. The normalized spacial score (nSPS) is 10.1. The van der Waals surface area contributed by atoms with Gasteiger partial charge >= 0.3 is 5.97 Å². The first kappa shape index (κ1) is 12.9. The molecule has 0 radical (unpaired) electrons. The quantitative estimate of drug-likeness (QED) is 0.635. The molecule has 1 aromatic carbocycles. The van der Waals surface area contributed by atoms with E-state index in [-0.39, 0.29) is 11.7 Å². The molecule has 0 unspecified atom stereocenters. The molecule has 1 rings (SSSR count). The molecule has 0 amide bonds. The van der Waals surface area contributed by atoms with Crippen molar-refractivity contribution in [1.82, 2.24) is 0 Å². The largest absolute Gasteiger partial charge is 0.507 e. The van der Waals surface area contributed by atoms with Gasteiger partial charge in [-0.05, 0) is 37.3 Å². The third-order valence-corrected chi connectivity index (χ3v) is 2.93. The Hall–Kier alpha value is -1.16. The van der Waals surface area contributed by atoms with Crippen LogP contribution in [0.4, 0.5) is 0 Å². The second kappa shape index (κ2) is 6.43. The second-order valence-corrected chi connectivity index (χ2v) is 4.16. The first-order chi connectivity index (χ1) is 7.67. The lowest BCUT2D eigenvalue weighted by atomic mass is 10.1. The molecular formula is C12H16O3S. The summed E-state index contributed by atoms with van der Waals surface area (Å²) in [6.07, 6.45) is 2.93. The molecule has 0 atom stereocenters. The molecule has 1 N–H and O–H groups in total. The van der Waals surface area contributed by atoms with E-state index in [2.05, 4.69) is 0 Å². The van der Waals surface area contributed by atoms with Crippen LogP contribution in [0.2, 0.25) is 0 Å². The molecule has 4 heteroatoms. The molecule has 0 aliphatic carbocycles. The van der Waals surface area contributed by atoms with Crippen molar-refractivity contribution in [3.63, 3.8) is 0 Å². The van der Waals surface area contributed by atoms with Crippen LogP contribution in [0, 0.1) is 0 Å². The van der Waals surface area contributed by atoms with Crippen LogP contribution in [0.5, 0.6) is 5.75 Å². The Bertz CT molecular complexity index is 363. The third-order valence-electron chi connectivity index (χ3n) is 2.17. The number of phenols is 1. The number of ether oxygens (including phenoxy) is 1. The highest BCUT2D eigenvalue weighted by Gasteiger charge is 2.05. The first-order valence-electron chi connectivity index (χ1n) is 5.19. The minimum Gasteiger partial charge on any atom is -0.507 e. The number of carbonyl (C=O) groups is 1. The van der Waals surface area contributed by atoms with E-state index in [9.17, 15) is 9.90 Å². The SMILES string of the molecule is CCOC(=O)CCc1ccc(O)c(SC)c1. The molecule has 16 heavy (non-hydrogen) atoms. The number of phenolic OH excluding ortho intramolecular Hbond substituents is 1. The van der Waals surface area contributed by atoms with E-state index in [1.54, 1.807) is 13.0 Å². The van der Waals surface area contributed by atoms with Gasteiger partial charge in [-0.3, -0.25) is 4.79 Å². The molecule has 0 aliphatic rings. The summed E-state index contributed by atoms with van der Waals surface area (Å²) >= 11 is 1.49. The van der Waals surface area contributed by atoms with Gasteiger partial charge in [0.05, 0.1) is 6.61 Å². The Labute approximate surface area is 99.8 Å². The number of rotatable bonds is 5. The molecular weight excluding hydrogens is 224 g/mol. The van der Waals surface area contributed by atoms with E-state index in [1.165, 1.54) is 11.8 Å². The van der Waals surface area contributed by atoms with E-state index < -0.39 is 0 Å². The average molecular weight is 240 g/mol. The number of benzene rings is 1. The summed E-state index contributed by atoms with van der Waals surface area (Å²) in [5.41, 5.74) is 1.04. The topological polar surface area (TPSA) is 46.5 Å². The lowest BCUT2D eigenvalue weighted by Crippen LogP contribution is -2.05. The molecule has 88 valence electrons. The number of aromatic hydroxyl groups is 1. The molecule has 0 heterocycles. The molecule has 0 bridgehead atoms. The number of hydrogen-bond donors (Lipinski definition) is 1. The van der Waals surface area contributed by atoms with Crippen LogP contribution >= 0.6 is 11.8 Å². The number of esters is 1. The van der Waals surface area contributed by atoms with E-state index in [0.717, 1.165) is 10.5 Å². The van der Waals surface area contributed by atoms with Crippen molar-refractivity contribution < 1.29 is 14.6 Å². The van der Waals surface area contributed by atoms with Crippen molar-refractivity contribution >= 4 is 17.7 Å². The van der Waals surface area contributed by atoms with Crippen molar-refractivity contribution in [1.29, 1.82) is 0 Å². The zero-order valence-electron chi connectivity index (χ0n) is 9.53. The maximum atomic E-state index is 11.2. The fourth-order valence-corrected chi connectivity index (χ4v) is 1.90. The van der Waals surface area contributed by atoms with Crippen LogP contribution in [-0.2, 0) is 16.0 Å². The van der Waals surface area contributed by atoms with Gasteiger partial charge in [0.2, 0.25) is 0 Å². The van der Waals surface area contributed by atoms with Gasteiger partial charge in [0.25, 0.3) is 0 Å². The summed E-state index contributed by atoms with van der Waals surface area (Å²) in [5, 5.41) is 9.48. The monoisotopic (exact) mass is 240 g/mol. The van der Waals surface area contributed by atoms with E-state index in [1.807, 2.05) is 18.4 Å². The zero-order valence-corrected chi connectivity index (χ0v) is 10.3. The Morgan fingerprint density at radius 2 is 2.25 bits per heavy atom. The Balaban J connectivity index is 2.57. The van der Waals surface area contributed by atoms with Crippen molar-refractivity contribution in [3.05, 3.63) is 23.8 Å². The molecule has 0 aromatic heterocycles. The minimum atomic E-state index is -0.179. The molecule has 0 aliphatic heterocycles. The molecule has 3 nitrogen and oxygen atoms in total. The lowest BCUT2D eigenvalue weighted by molar-refractivity contribution is -0.143. The van der Waals surface area contributed by atoms with Gasteiger partial charge in [0, 0.05) is 11.3 Å². The Morgan fingerprint density at radius 1 is 1.50 bits per heavy atom. The maximum absolute atomic E-state index is 11.2. The van der Waals surface area contributed by atoms with Gasteiger partial charge in [0.1, 0.15) is 5.75 Å². The summed E-state index contributed by atoms with van der Waals surface area (Å²) in [5.74, 6) is 0.105. The van der Waals surface area contributed by atoms with Gasteiger partial charge in [-0.1, -0.05) is 6.07 Å². The highest BCUT2D eigenvalue weighted by Crippen LogP contribution is 2.27. The fraction of sp³-hybridized carbons (Fsp3) is 0.417. The van der Waals surface area contributed by atoms with Crippen molar-refractivity contribution in [3.8, 4) is 5.75 Å². The molecule has 0 saturated heterocycles. The number of thioether (sulfide) groups is 1. The maximum Gasteiger partial charge on any atom is 0.306 e. The Kier molecular flexibility index (Phi) is 5.19. The van der Waals surface area contributed by atoms with Crippen molar-refractivity contribution in [2.75, 3.05) is 12.9 Å². The van der Waals surface area contributed by atoms with Crippen LogP contribution < -0.4 is 0 Å². The van der Waals surface area contributed by atoms with Gasteiger partial charge in [0.15, 0.2) is 0 Å². The molecule has 0 saturated carbocycles. The lowest BCUT2D eigenvalue weighted by Gasteiger charge is -2.05. The van der Waals surface area contributed by atoms with Gasteiger partial charge < -0.3 is 9.84 Å². The molecule has 0 spiro atoms. The predicted molar refractivity (Wildman–Crippen MR) is 64.8 cm³/mol. The third kappa shape index (κ3) is 3.77. The smallest absolute Gasteiger partial charge is 0.306 e. The van der Waals surface area contributed by atoms with Crippen LogP contribution in [0.25, 0.3) is 0 Å². The first-order valence-corrected chi connectivity index (χ1v) is 6.41. The minimum absolute atomic E-state index is 0.179. The van der Waals surface area contributed by atoms with Crippen molar-refractivity contribution in [2.24, 2.45) is 0 Å². The zero-order chi connectivity index (χ0) is 12.0. The van der Waals surface area contributed by atoms with E-state index in [0.29, 0.717) is 19.4 Å². The predicted octanol–water partition coefficient (Wildman–Crippen LogP) is 2.61. The van der Waals surface area contributed by atoms with E-state index in [4.69, 9.17) is 4.74 Å². The number of hydrogen-bond acceptors (Lipinski definition) is 4. The highest BCUT2D eigenvalue weighted by molar-refractivity contribution is 7.98. The summed E-state index contributed by atoms with van der Waals surface area (Å²) in [6.45, 7) is 2.22. The van der Waals surface area contributed by atoms with E-state index >= 15 is 0 Å². The van der Waals surface area contributed by atoms with Crippen molar-refractivity contribution in [2.45, 2.75) is 24.7 Å². The van der Waals surface area contributed by atoms with Crippen LogP contribution in [0.1, 0.15) is 18.9 Å². The molecule has 0 fully saturated rings. The van der Waals surface area contributed by atoms with Crippen LogP contribution in [0.3, 0.4) is 0 Å². The van der Waals surface area contributed by atoms with Crippen LogP contribution in [-0.4, -0.2) is 23.9 Å². The average Bonchev–Trinajstić information content (AvgIpc) is 2.28. The summed E-state index contributed by atoms with van der Waals surface area (Å²) in [6, 6.07) is 5.39. The highest BCUT2D eigenvalue weighted by atomic mass is 32.2. The van der Waals surface area contributed by atoms with Gasteiger partial charge in [-0.25, -0.2) is 0 Å². The number of carbonyl (C=O) groups excluding carboxylic acids is 1. The molecule has 1 aromatic rings. The second-order valence-electron chi connectivity index (χ2n) is 3.31. The standard InChI is InChI=1S/C12H16O3S/c1-3-15-12(14)7-5-9-4-6-10(13)11(8-9)16-2/h4,6,8,13H,3,5,7H2,1-2H3.